The van der Waals surface area contributed by atoms with Gasteiger partial charge >= 0.3 is 6.18 Å². The fourth-order valence-electron chi connectivity index (χ4n) is 3.20. The van der Waals surface area contributed by atoms with Crippen molar-refractivity contribution in [2.75, 3.05) is 13.6 Å². The van der Waals surface area contributed by atoms with Crippen molar-refractivity contribution >= 4 is 5.91 Å². The first kappa shape index (κ1) is 18.3. The van der Waals surface area contributed by atoms with Crippen molar-refractivity contribution in [3.8, 4) is 6.07 Å². The van der Waals surface area contributed by atoms with Crippen molar-refractivity contribution in [1.82, 2.24) is 10.2 Å². The zero-order chi connectivity index (χ0) is 17.8. The van der Waals surface area contributed by atoms with Crippen LogP contribution in [-0.4, -0.2) is 36.1 Å². The lowest BCUT2D eigenvalue weighted by Gasteiger charge is -2.31. The number of halogens is 3. The summed E-state index contributed by atoms with van der Waals surface area (Å²) < 4.78 is 40.3. The van der Waals surface area contributed by atoms with E-state index in [9.17, 15) is 23.2 Å². The van der Waals surface area contributed by atoms with Crippen LogP contribution in [0.25, 0.3) is 0 Å². The maximum absolute atomic E-state index is 13.4. The highest BCUT2D eigenvalue weighted by Crippen LogP contribution is 2.36. The summed E-state index contributed by atoms with van der Waals surface area (Å²) in [6.07, 6.45) is -1.75. The third-order valence-corrected chi connectivity index (χ3v) is 4.31. The molecule has 7 heteroatoms. The molecule has 1 aromatic carbocycles. The highest BCUT2D eigenvalue weighted by atomic mass is 19.4. The largest absolute Gasteiger partial charge is 0.408 e. The Balaban J connectivity index is 2.09. The van der Waals surface area contributed by atoms with Gasteiger partial charge in [0.1, 0.15) is 11.6 Å². The first-order valence-corrected chi connectivity index (χ1v) is 7.82. The van der Waals surface area contributed by atoms with Crippen LogP contribution in [0.3, 0.4) is 0 Å². The van der Waals surface area contributed by atoms with E-state index < -0.39 is 30.2 Å². The number of amides is 1. The van der Waals surface area contributed by atoms with Crippen molar-refractivity contribution < 1.29 is 18.0 Å². The maximum atomic E-state index is 13.4. The molecule has 2 rings (SSSR count). The molecule has 0 bridgehead atoms. The van der Waals surface area contributed by atoms with Gasteiger partial charge in [-0.2, -0.15) is 18.4 Å². The summed E-state index contributed by atoms with van der Waals surface area (Å²) >= 11 is 0. The standard InChI is InChI=1S/C17H20F3N3O/c1-23(11-14(24)22-16(12-21)9-5-6-10-16)15(17(18,19)20)13-7-3-2-4-8-13/h2-4,7-8,15H,5-6,9-11H2,1H3,(H,22,24)/t15-/m0/s1. The molecule has 1 aromatic rings. The topological polar surface area (TPSA) is 56.1 Å². The number of carbonyl (C=O) groups excluding carboxylic acids is 1. The van der Waals surface area contributed by atoms with Gasteiger partial charge in [0.2, 0.25) is 5.91 Å². The van der Waals surface area contributed by atoms with E-state index in [4.69, 9.17) is 0 Å². The van der Waals surface area contributed by atoms with Crippen LogP contribution in [0.4, 0.5) is 13.2 Å². The van der Waals surface area contributed by atoms with Crippen LogP contribution in [-0.2, 0) is 4.79 Å². The number of rotatable bonds is 5. The molecule has 0 saturated heterocycles. The van der Waals surface area contributed by atoms with Crippen LogP contribution in [0, 0.1) is 11.3 Å². The molecule has 1 amide bonds. The third-order valence-electron chi connectivity index (χ3n) is 4.31. The molecule has 1 saturated carbocycles. The lowest BCUT2D eigenvalue weighted by molar-refractivity contribution is -0.183. The first-order valence-electron chi connectivity index (χ1n) is 7.82. The predicted molar refractivity (Wildman–Crippen MR) is 82.8 cm³/mol. The monoisotopic (exact) mass is 339 g/mol. The van der Waals surface area contributed by atoms with Gasteiger partial charge in [-0.25, -0.2) is 0 Å². The summed E-state index contributed by atoms with van der Waals surface area (Å²) in [5, 5.41) is 11.9. The maximum Gasteiger partial charge on any atom is 0.408 e. The van der Waals surface area contributed by atoms with Crippen molar-refractivity contribution in [2.45, 2.75) is 43.4 Å². The number of nitriles is 1. The van der Waals surface area contributed by atoms with Crippen LogP contribution in [0.5, 0.6) is 0 Å². The number of alkyl halides is 3. The summed E-state index contributed by atoms with van der Waals surface area (Å²) in [6, 6.07) is 7.71. The Morgan fingerprint density at radius 3 is 2.42 bits per heavy atom. The molecular weight excluding hydrogens is 319 g/mol. The summed E-state index contributed by atoms with van der Waals surface area (Å²) in [5.41, 5.74) is -0.852. The molecule has 1 aliphatic rings. The number of hydrogen-bond acceptors (Lipinski definition) is 3. The van der Waals surface area contributed by atoms with Crippen molar-refractivity contribution in [1.29, 1.82) is 5.26 Å². The molecule has 1 aliphatic carbocycles. The minimum atomic E-state index is -4.50. The van der Waals surface area contributed by atoms with Crippen molar-refractivity contribution in [3.05, 3.63) is 35.9 Å². The molecule has 0 radical (unpaired) electrons. The lowest BCUT2D eigenvalue weighted by atomic mass is 10.00. The summed E-state index contributed by atoms with van der Waals surface area (Å²) in [5.74, 6) is -0.564. The normalized spacial score (nSPS) is 18.2. The molecular formula is C17H20F3N3O. The van der Waals surface area contributed by atoms with E-state index in [1.54, 1.807) is 6.07 Å². The van der Waals surface area contributed by atoms with Crippen LogP contribution < -0.4 is 5.32 Å². The van der Waals surface area contributed by atoms with Gasteiger partial charge in [-0.15, -0.1) is 0 Å². The number of hydrogen-bond donors (Lipinski definition) is 1. The molecule has 4 nitrogen and oxygen atoms in total. The van der Waals surface area contributed by atoms with Crippen LogP contribution in [0.15, 0.2) is 30.3 Å². The number of benzene rings is 1. The molecule has 0 heterocycles. The number of nitrogens with one attached hydrogen (secondary N) is 1. The zero-order valence-corrected chi connectivity index (χ0v) is 13.4. The van der Waals surface area contributed by atoms with Gasteiger partial charge in [0.25, 0.3) is 0 Å². The second-order valence-electron chi connectivity index (χ2n) is 6.22. The van der Waals surface area contributed by atoms with Gasteiger partial charge in [0, 0.05) is 0 Å². The quantitative estimate of drug-likeness (QED) is 0.896. The average Bonchev–Trinajstić information content (AvgIpc) is 2.95. The molecule has 0 aromatic heterocycles. The van der Waals surface area contributed by atoms with Crippen LogP contribution in [0.1, 0.15) is 37.3 Å². The second kappa shape index (κ2) is 7.22. The molecule has 1 fully saturated rings. The Morgan fingerprint density at radius 2 is 1.92 bits per heavy atom. The average molecular weight is 339 g/mol. The van der Waals surface area contributed by atoms with E-state index in [0.717, 1.165) is 17.7 Å². The number of nitrogens with zero attached hydrogens (tertiary/aromatic N) is 2. The van der Waals surface area contributed by atoms with Gasteiger partial charge < -0.3 is 5.32 Å². The van der Waals surface area contributed by atoms with E-state index in [1.165, 1.54) is 31.3 Å². The van der Waals surface area contributed by atoms with Crippen LogP contribution >= 0.6 is 0 Å². The summed E-state index contributed by atoms with van der Waals surface area (Å²) in [6.45, 7) is -0.428. The minimum Gasteiger partial charge on any atom is -0.337 e. The lowest BCUT2D eigenvalue weighted by Crippen LogP contribution is -2.50. The Kier molecular flexibility index (Phi) is 5.50. The molecule has 130 valence electrons. The molecule has 0 unspecified atom stereocenters. The van der Waals surface area contributed by atoms with Gasteiger partial charge in [-0.1, -0.05) is 30.3 Å². The van der Waals surface area contributed by atoms with Gasteiger partial charge in [0.15, 0.2) is 0 Å². The fraction of sp³-hybridized carbons (Fsp3) is 0.529. The Hall–Kier alpha value is -2.07. The molecule has 0 aliphatic heterocycles. The molecule has 24 heavy (non-hydrogen) atoms. The van der Waals surface area contributed by atoms with E-state index in [-0.39, 0.29) is 5.56 Å². The summed E-state index contributed by atoms with van der Waals surface area (Å²) in [7, 11) is 1.26. The molecule has 0 spiro atoms. The minimum absolute atomic E-state index is 0.0798. The van der Waals surface area contributed by atoms with E-state index in [1.807, 2.05) is 0 Å². The van der Waals surface area contributed by atoms with E-state index in [0.29, 0.717) is 12.8 Å². The molecule has 1 atom stereocenters. The second-order valence-corrected chi connectivity index (χ2v) is 6.22. The van der Waals surface area contributed by atoms with Crippen LogP contribution in [0.2, 0.25) is 0 Å². The molecule has 1 N–H and O–H groups in total. The van der Waals surface area contributed by atoms with Crippen molar-refractivity contribution in [2.24, 2.45) is 0 Å². The summed E-state index contributed by atoms with van der Waals surface area (Å²) in [4.78, 5) is 13.1. The fourth-order valence-corrected chi connectivity index (χ4v) is 3.20. The number of carbonyl (C=O) groups is 1. The van der Waals surface area contributed by atoms with Gasteiger partial charge in [-0.3, -0.25) is 9.69 Å². The highest BCUT2D eigenvalue weighted by Gasteiger charge is 2.44. The van der Waals surface area contributed by atoms with E-state index >= 15 is 0 Å². The van der Waals surface area contributed by atoms with E-state index in [2.05, 4.69) is 11.4 Å². The SMILES string of the molecule is CN(CC(=O)NC1(C#N)CCCC1)[C@@H](c1ccccc1)C(F)(F)F. The van der Waals surface area contributed by atoms with Gasteiger partial charge in [0.05, 0.1) is 12.6 Å². The number of likely N-dealkylation sites (N-methyl/N-ethyl adjacent to an activating group) is 1. The Labute approximate surface area is 139 Å². The third kappa shape index (κ3) is 4.26. The smallest absolute Gasteiger partial charge is 0.337 e. The Bertz CT molecular complexity index is 604. The zero-order valence-electron chi connectivity index (χ0n) is 13.4. The predicted octanol–water partition coefficient (Wildman–Crippen LogP) is 3.17. The Morgan fingerprint density at radius 1 is 1.33 bits per heavy atom. The van der Waals surface area contributed by atoms with Gasteiger partial charge in [-0.05, 0) is 38.3 Å². The highest BCUT2D eigenvalue weighted by molar-refractivity contribution is 5.79. The first-order chi connectivity index (χ1) is 11.3. The van der Waals surface area contributed by atoms with Crippen molar-refractivity contribution in [3.63, 3.8) is 0 Å².